The number of hydrogen-bond donors (Lipinski definition) is 2. The summed E-state index contributed by atoms with van der Waals surface area (Å²) in [4.78, 5) is 6.60. The highest BCUT2D eigenvalue weighted by molar-refractivity contribution is 14.0. The minimum absolute atomic E-state index is 0. The van der Waals surface area contributed by atoms with E-state index in [9.17, 15) is 18.3 Å². The van der Waals surface area contributed by atoms with Gasteiger partial charge in [0.15, 0.2) is 5.96 Å². The average Bonchev–Trinajstić information content (AvgIpc) is 3.18. The molecular weight excluding hydrogens is 524 g/mol. The van der Waals surface area contributed by atoms with Crippen molar-refractivity contribution in [2.75, 3.05) is 19.6 Å². The molecule has 11 heteroatoms. The summed E-state index contributed by atoms with van der Waals surface area (Å²) in [5, 5.41) is 21.1. The Morgan fingerprint density at radius 2 is 2.03 bits per heavy atom. The number of nitrogens with one attached hydrogen (secondary N) is 1. The molecule has 1 aromatic heterocycles. The first-order valence-electron chi connectivity index (χ1n) is 10.1. The molecule has 3 rings (SSSR count). The van der Waals surface area contributed by atoms with Gasteiger partial charge in [0.2, 0.25) is 0 Å². The lowest BCUT2D eigenvalue weighted by molar-refractivity contribution is -0.137. The molecule has 0 saturated carbocycles. The number of piperidine rings is 1. The molecule has 7 nitrogen and oxygen atoms in total. The SMILES string of the molecule is CCc1nncn1CCNC(=NCc1cccc(C(F)(F)F)c1)N1CCC(O)CC1.I. The number of halogens is 4. The topological polar surface area (TPSA) is 78.6 Å². The molecule has 0 amide bonds. The smallest absolute Gasteiger partial charge is 0.393 e. The van der Waals surface area contributed by atoms with Gasteiger partial charge >= 0.3 is 6.18 Å². The van der Waals surface area contributed by atoms with Crippen LogP contribution in [-0.4, -0.2) is 56.5 Å². The van der Waals surface area contributed by atoms with Gasteiger partial charge in [0.05, 0.1) is 18.2 Å². The van der Waals surface area contributed by atoms with E-state index < -0.39 is 11.7 Å². The van der Waals surface area contributed by atoms with Crippen molar-refractivity contribution in [3.63, 3.8) is 0 Å². The standard InChI is InChI=1S/C20H27F3N6O.HI/c1-2-18-27-26-14-29(18)11-8-24-19(28-9-6-17(30)7-10-28)25-13-15-4-3-5-16(12-15)20(21,22)23;/h3-5,12,14,17,30H,2,6-11,13H2,1H3,(H,24,25);1H. The fraction of sp³-hybridized carbons (Fsp3) is 0.550. The van der Waals surface area contributed by atoms with Crippen molar-refractivity contribution < 1.29 is 18.3 Å². The highest BCUT2D eigenvalue weighted by Gasteiger charge is 2.30. The Kier molecular flexibility index (Phi) is 9.54. The number of alkyl halides is 3. The number of nitrogens with zero attached hydrogens (tertiary/aromatic N) is 5. The van der Waals surface area contributed by atoms with Crippen LogP contribution in [0.4, 0.5) is 13.2 Å². The number of aromatic nitrogens is 3. The summed E-state index contributed by atoms with van der Waals surface area (Å²) in [5.41, 5.74) is -0.182. The molecule has 1 fully saturated rings. The van der Waals surface area contributed by atoms with Gasteiger partial charge in [0.1, 0.15) is 12.2 Å². The van der Waals surface area contributed by atoms with Crippen LogP contribution in [0.25, 0.3) is 0 Å². The van der Waals surface area contributed by atoms with Gasteiger partial charge in [-0.2, -0.15) is 13.2 Å². The number of aliphatic hydroxyl groups excluding tert-OH is 1. The van der Waals surface area contributed by atoms with Crippen LogP contribution in [0.1, 0.15) is 36.7 Å². The van der Waals surface area contributed by atoms with Gasteiger partial charge in [-0.3, -0.25) is 0 Å². The minimum atomic E-state index is -4.38. The first kappa shape index (κ1) is 25.4. The molecule has 1 aliphatic heterocycles. The maximum absolute atomic E-state index is 13.0. The maximum atomic E-state index is 13.0. The molecule has 31 heavy (non-hydrogen) atoms. The monoisotopic (exact) mass is 552 g/mol. The fourth-order valence-corrected chi connectivity index (χ4v) is 3.39. The summed E-state index contributed by atoms with van der Waals surface area (Å²) in [7, 11) is 0. The molecule has 0 aliphatic carbocycles. The molecule has 0 bridgehead atoms. The highest BCUT2D eigenvalue weighted by Crippen LogP contribution is 2.29. The maximum Gasteiger partial charge on any atom is 0.416 e. The Balaban J connectivity index is 0.00000341. The quantitative estimate of drug-likeness (QED) is 0.328. The van der Waals surface area contributed by atoms with Crippen molar-refractivity contribution in [1.29, 1.82) is 0 Å². The van der Waals surface area contributed by atoms with Crippen LogP contribution in [0.5, 0.6) is 0 Å². The molecule has 0 spiro atoms. The second-order valence-electron chi connectivity index (χ2n) is 7.28. The summed E-state index contributed by atoms with van der Waals surface area (Å²) in [6.07, 6.45) is -0.974. The number of guanidine groups is 1. The summed E-state index contributed by atoms with van der Waals surface area (Å²) < 4.78 is 40.8. The summed E-state index contributed by atoms with van der Waals surface area (Å²) in [6, 6.07) is 5.23. The van der Waals surface area contributed by atoms with Gasteiger partial charge in [-0.05, 0) is 30.5 Å². The Morgan fingerprint density at radius 1 is 1.29 bits per heavy atom. The van der Waals surface area contributed by atoms with Crippen LogP contribution in [0, 0.1) is 0 Å². The van der Waals surface area contributed by atoms with Crippen LogP contribution >= 0.6 is 24.0 Å². The van der Waals surface area contributed by atoms with Gasteiger partial charge in [0.25, 0.3) is 0 Å². The Morgan fingerprint density at radius 3 is 2.71 bits per heavy atom. The number of likely N-dealkylation sites (tertiary alicyclic amines) is 1. The van der Waals surface area contributed by atoms with Crippen LogP contribution in [0.3, 0.4) is 0 Å². The third-order valence-electron chi connectivity index (χ3n) is 5.08. The summed E-state index contributed by atoms with van der Waals surface area (Å²) >= 11 is 0. The number of benzene rings is 1. The largest absolute Gasteiger partial charge is 0.416 e. The van der Waals surface area contributed by atoms with E-state index >= 15 is 0 Å². The van der Waals surface area contributed by atoms with Crippen molar-refractivity contribution in [2.24, 2.45) is 4.99 Å². The third kappa shape index (κ3) is 7.34. The van der Waals surface area contributed by atoms with Gasteiger partial charge in [-0.1, -0.05) is 19.1 Å². The zero-order valence-electron chi connectivity index (χ0n) is 17.3. The molecular formula is C20H28F3IN6O. The second kappa shape index (κ2) is 11.7. The Hall–Kier alpha value is -1.89. The molecule has 172 valence electrons. The van der Waals surface area contributed by atoms with Crippen LogP contribution < -0.4 is 5.32 Å². The second-order valence-corrected chi connectivity index (χ2v) is 7.28. The molecule has 2 heterocycles. The normalized spacial score (nSPS) is 15.6. The molecule has 1 aromatic carbocycles. The summed E-state index contributed by atoms with van der Waals surface area (Å²) in [5.74, 6) is 1.52. The van der Waals surface area contributed by atoms with Crippen LogP contribution in [-0.2, 0) is 25.7 Å². The van der Waals surface area contributed by atoms with Crippen LogP contribution in [0.2, 0.25) is 0 Å². The molecule has 0 radical (unpaired) electrons. The van der Waals surface area contributed by atoms with Crippen molar-refractivity contribution >= 4 is 29.9 Å². The first-order chi connectivity index (χ1) is 14.4. The number of aliphatic hydroxyl groups is 1. The first-order valence-corrected chi connectivity index (χ1v) is 10.1. The van der Waals surface area contributed by atoms with Gasteiger partial charge in [-0.25, -0.2) is 4.99 Å². The van der Waals surface area contributed by atoms with Crippen molar-refractivity contribution in [3.8, 4) is 0 Å². The average molecular weight is 552 g/mol. The third-order valence-corrected chi connectivity index (χ3v) is 5.08. The van der Waals surface area contributed by atoms with Crippen molar-refractivity contribution in [2.45, 2.75) is 51.6 Å². The van der Waals surface area contributed by atoms with E-state index in [1.807, 2.05) is 16.4 Å². The van der Waals surface area contributed by atoms with E-state index in [0.717, 1.165) is 24.4 Å². The molecule has 2 aromatic rings. The lowest BCUT2D eigenvalue weighted by Crippen LogP contribution is -2.47. The Labute approximate surface area is 196 Å². The number of aliphatic imine (C=N–C) groups is 1. The number of aryl methyl sites for hydroxylation is 1. The zero-order chi connectivity index (χ0) is 21.6. The molecule has 2 N–H and O–H groups in total. The Bertz CT molecular complexity index is 849. The predicted molar refractivity (Wildman–Crippen MR) is 122 cm³/mol. The molecule has 0 atom stereocenters. The molecule has 1 saturated heterocycles. The highest BCUT2D eigenvalue weighted by atomic mass is 127. The summed E-state index contributed by atoms with van der Waals surface area (Å²) in [6.45, 7) is 4.65. The van der Waals surface area contributed by atoms with Gasteiger partial charge in [-0.15, -0.1) is 34.2 Å². The van der Waals surface area contributed by atoms with E-state index in [1.165, 1.54) is 6.07 Å². The van der Waals surface area contributed by atoms with Gasteiger partial charge < -0.3 is 19.9 Å². The van der Waals surface area contributed by atoms with E-state index in [4.69, 9.17) is 0 Å². The van der Waals surface area contributed by atoms with E-state index in [2.05, 4.69) is 20.5 Å². The molecule has 1 aliphatic rings. The number of hydrogen-bond acceptors (Lipinski definition) is 4. The lowest BCUT2D eigenvalue weighted by atomic mass is 10.1. The number of rotatable bonds is 6. The fourth-order valence-electron chi connectivity index (χ4n) is 3.39. The van der Waals surface area contributed by atoms with E-state index in [-0.39, 0.29) is 36.6 Å². The lowest BCUT2D eigenvalue weighted by Gasteiger charge is -2.32. The predicted octanol–water partition coefficient (Wildman–Crippen LogP) is 3.08. The van der Waals surface area contributed by atoms with Crippen molar-refractivity contribution in [3.05, 3.63) is 47.5 Å². The minimum Gasteiger partial charge on any atom is -0.393 e. The van der Waals surface area contributed by atoms with Gasteiger partial charge in [0, 0.05) is 32.6 Å². The zero-order valence-corrected chi connectivity index (χ0v) is 19.7. The van der Waals surface area contributed by atoms with Crippen molar-refractivity contribution in [1.82, 2.24) is 25.0 Å². The van der Waals surface area contributed by atoms with E-state index in [0.29, 0.717) is 50.5 Å². The molecule has 0 unspecified atom stereocenters. The van der Waals surface area contributed by atoms with Crippen LogP contribution in [0.15, 0.2) is 35.6 Å². The van der Waals surface area contributed by atoms with E-state index in [1.54, 1.807) is 12.4 Å².